The Morgan fingerprint density at radius 2 is 1.88 bits per heavy atom. The highest BCUT2D eigenvalue weighted by Gasteiger charge is 2.34. The molecule has 1 heterocycles. The van der Waals surface area contributed by atoms with Gasteiger partial charge in [0, 0.05) is 10.7 Å². The third kappa shape index (κ3) is 4.48. The molecule has 4 rings (SSSR count). The summed E-state index contributed by atoms with van der Waals surface area (Å²) in [5, 5.41) is 5.19. The fraction of sp³-hybridized carbons (Fsp3) is 0.167. The van der Waals surface area contributed by atoms with Crippen molar-refractivity contribution >= 4 is 29.1 Å². The molecular weight excluding hydrogens is 430 g/mol. The molecule has 0 radical (unpaired) electrons. The third-order valence-electron chi connectivity index (χ3n) is 5.10. The lowest BCUT2D eigenvalue weighted by Gasteiger charge is -2.37. The first-order valence-electron chi connectivity index (χ1n) is 9.98. The molecule has 0 aromatic heterocycles. The lowest BCUT2D eigenvalue weighted by atomic mass is 10.0. The quantitative estimate of drug-likeness (QED) is 0.583. The van der Waals surface area contributed by atoms with E-state index in [0.717, 1.165) is 11.1 Å². The number of rotatable bonds is 6. The number of benzene rings is 3. The van der Waals surface area contributed by atoms with Gasteiger partial charge in [-0.05, 0) is 60.5 Å². The molecule has 0 saturated carbocycles. The normalized spacial score (nSPS) is 14.9. The summed E-state index contributed by atoms with van der Waals surface area (Å²) in [7, 11) is 1.59. The second kappa shape index (κ2) is 9.20. The molecule has 3 aromatic rings. The summed E-state index contributed by atoms with van der Waals surface area (Å²) >= 11 is 5.97. The number of ether oxygens (including phenoxy) is 2. The van der Waals surface area contributed by atoms with Crippen molar-refractivity contribution < 1.29 is 19.1 Å². The summed E-state index contributed by atoms with van der Waals surface area (Å²) < 4.78 is 10.8. The molecule has 0 aliphatic carbocycles. The number of carbonyl (C=O) groups is 2. The maximum atomic E-state index is 13.2. The van der Waals surface area contributed by atoms with Crippen LogP contribution in [0, 0.1) is 6.92 Å². The van der Waals surface area contributed by atoms with E-state index < -0.39 is 12.1 Å². The lowest BCUT2D eigenvalue weighted by molar-refractivity contribution is -0.127. The van der Waals surface area contributed by atoms with E-state index in [1.165, 1.54) is 5.01 Å². The Morgan fingerprint density at radius 1 is 1.12 bits per heavy atom. The number of amides is 2. The van der Waals surface area contributed by atoms with Crippen LogP contribution >= 0.6 is 11.6 Å². The van der Waals surface area contributed by atoms with Crippen LogP contribution in [0.25, 0.3) is 0 Å². The van der Waals surface area contributed by atoms with E-state index >= 15 is 0 Å². The number of nitrogens with zero attached hydrogens (tertiary/aromatic N) is 1. The predicted molar refractivity (Wildman–Crippen MR) is 122 cm³/mol. The van der Waals surface area contributed by atoms with Crippen LogP contribution in [0.1, 0.15) is 27.7 Å². The van der Waals surface area contributed by atoms with Crippen LogP contribution < -0.4 is 20.2 Å². The molecule has 1 aliphatic rings. The molecule has 2 N–H and O–H groups in total. The smallest absolute Gasteiger partial charge is 0.276 e. The standard InChI is InChI=1S/C24H22ClN3O4/c1-15-13-17(25)9-12-21(15)32-14-22(29)27-28-23(16-7-10-18(31-2)11-8-16)26-20-6-4-3-5-19(20)24(28)30/h3-13,23,26H,14H2,1-2H3,(H,27,29). The second-order valence-corrected chi connectivity index (χ2v) is 7.71. The molecule has 3 aromatic carbocycles. The van der Waals surface area contributed by atoms with Crippen molar-refractivity contribution in [3.63, 3.8) is 0 Å². The second-order valence-electron chi connectivity index (χ2n) is 7.27. The number of anilines is 1. The monoisotopic (exact) mass is 451 g/mol. The molecule has 1 unspecified atom stereocenters. The van der Waals surface area contributed by atoms with Gasteiger partial charge in [0.2, 0.25) is 0 Å². The zero-order valence-corrected chi connectivity index (χ0v) is 18.3. The van der Waals surface area contributed by atoms with E-state index in [9.17, 15) is 9.59 Å². The van der Waals surface area contributed by atoms with E-state index in [2.05, 4.69) is 10.7 Å². The number of methoxy groups -OCH3 is 1. The Morgan fingerprint density at radius 3 is 2.59 bits per heavy atom. The van der Waals surface area contributed by atoms with Crippen molar-refractivity contribution in [1.29, 1.82) is 0 Å². The highest BCUT2D eigenvalue weighted by molar-refractivity contribution is 6.30. The molecule has 0 saturated heterocycles. The molecule has 1 atom stereocenters. The number of hydrazine groups is 1. The minimum absolute atomic E-state index is 0.261. The van der Waals surface area contributed by atoms with Crippen LogP contribution in [-0.2, 0) is 4.79 Å². The molecule has 32 heavy (non-hydrogen) atoms. The van der Waals surface area contributed by atoms with Crippen molar-refractivity contribution in [2.24, 2.45) is 0 Å². The van der Waals surface area contributed by atoms with Crippen LogP contribution in [0.5, 0.6) is 11.5 Å². The van der Waals surface area contributed by atoms with Crippen LogP contribution in [0.2, 0.25) is 5.02 Å². The number of nitrogens with one attached hydrogen (secondary N) is 2. The van der Waals surface area contributed by atoms with Crippen LogP contribution in [0.4, 0.5) is 5.69 Å². The number of fused-ring (bicyclic) bond motifs is 1. The van der Waals surface area contributed by atoms with Gasteiger partial charge in [-0.3, -0.25) is 15.0 Å². The van der Waals surface area contributed by atoms with Gasteiger partial charge in [0.05, 0.1) is 12.7 Å². The Balaban J connectivity index is 1.55. The molecule has 2 amide bonds. The van der Waals surface area contributed by atoms with Gasteiger partial charge in [0.25, 0.3) is 11.8 Å². The minimum Gasteiger partial charge on any atom is -0.497 e. The summed E-state index contributed by atoms with van der Waals surface area (Å²) in [6.07, 6.45) is -0.607. The SMILES string of the molecule is COc1ccc(C2Nc3ccccc3C(=O)N2NC(=O)COc2ccc(Cl)cc2C)cc1. The molecule has 1 aliphatic heterocycles. The molecule has 0 spiro atoms. The van der Waals surface area contributed by atoms with Crippen molar-refractivity contribution in [2.45, 2.75) is 13.1 Å². The molecule has 0 fully saturated rings. The van der Waals surface area contributed by atoms with Gasteiger partial charge in [-0.1, -0.05) is 35.9 Å². The highest BCUT2D eigenvalue weighted by atomic mass is 35.5. The van der Waals surface area contributed by atoms with Gasteiger partial charge in [0.15, 0.2) is 6.61 Å². The fourth-order valence-electron chi connectivity index (χ4n) is 3.47. The minimum atomic E-state index is -0.607. The summed E-state index contributed by atoms with van der Waals surface area (Å²) in [5.41, 5.74) is 5.44. The Hall–Kier alpha value is -3.71. The lowest BCUT2D eigenvalue weighted by Crippen LogP contribution is -2.53. The van der Waals surface area contributed by atoms with Gasteiger partial charge >= 0.3 is 0 Å². The van der Waals surface area contributed by atoms with E-state index in [4.69, 9.17) is 21.1 Å². The van der Waals surface area contributed by atoms with Crippen LogP contribution in [-0.4, -0.2) is 30.5 Å². The highest BCUT2D eigenvalue weighted by Crippen LogP contribution is 2.32. The van der Waals surface area contributed by atoms with Crippen LogP contribution in [0.15, 0.2) is 66.7 Å². The fourth-order valence-corrected chi connectivity index (χ4v) is 3.70. The number of carbonyl (C=O) groups excluding carboxylic acids is 2. The van der Waals surface area contributed by atoms with Crippen molar-refractivity contribution in [2.75, 3.05) is 19.0 Å². The molecule has 7 nitrogen and oxygen atoms in total. The molecule has 0 bridgehead atoms. The first-order valence-corrected chi connectivity index (χ1v) is 10.4. The molecule has 8 heteroatoms. The maximum absolute atomic E-state index is 13.2. The summed E-state index contributed by atoms with van der Waals surface area (Å²) in [6, 6.07) is 19.6. The Kier molecular flexibility index (Phi) is 6.18. The Labute approximate surface area is 190 Å². The predicted octanol–water partition coefficient (Wildman–Crippen LogP) is 4.33. The van der Waals surface area contributed by atoms with Gasteiger partial charge < -0.3 is 14.8 Å². The molecular formula is C24H22ClN3O4. The van der Waals surface area contributed by atoms with Gasteiger partial charge in [0.1, 0.15) is 17.7 Å². The number of hydrogen-bond donors (Lipinski definition) is 2. The van der Waals surface area contributed by atoms with E-state index in [0.29, 0.717) is 27.8 Å². The zero-order chi connectivity index (χ0) is 22.7. The first kappa shape index (κ1) is 21.5. The van der Waals surface area contributed by atoms with Crippen molar-refractivity contribution in [3.05, 3.63) is 88.4 Å². The van der Waals surface area contributed by atoms with E-state index in [1.54, 1.807) is 49.6 Å². The summed E-state index contributed by atoms with van der Waals surface area (Å²) in [6.45, 7) is 1.58. The average molecular weight is 452 g/mol. The Bertz CT molecular complexity index is 1150. The maximum Gasteiger partial charge on any atom is 0.276 e. The number of para-hydroxylation sites is 1. The first-order chi connectivity index (χ1) is 15.5. The van der Waals surface area contributed by atoms with Crippen LogP contribution in [0.3, 0.4) is 0 Å². The number of hydrogen-bond acceptors (Lipinski definition) is 5. The zero-order valence-electron chi connectivity index (χ0n) is 17.6. The largest absolute Gasteiger partial charge is 0.497 e. The molecule has 164 valence electrons. The topological polar surface area (TPSA) is 79.9 Å². The van der Waals surface area contributed by atoms with Crippen molar-refractivity contribution in [1.82, 2.24) is 10.4 Å². The van der Waals surface area contributed by atoms with Gasteiger partial charge in [-0.15, -0.1) is 0 Å². The van der Waals surface area contributed by atoms with Gasteiger partial charge in [-0.2, -0.15) is 0 Å². The summed E-state index contributed by atoms with van der Waals surface area (Å²) in [5.74, 6) is 0.451. The average Bonchev–Trinajstić information content (AvgIpc) is 2.80. The van der Waals surface area contributed by atoms with Crippen molar-refractivity contribution in [3.8, 4) is 11.5 Å². The summed E-state index contributed by atoms with van der Waals surface area (Å²) in [4.78, 5) is 25.9. The van der Waals surface area contributed by atoms with Gasteiger partial charge in [-0.25, -0.2) is 5.01 Å². The third-order valence-corrected chi connectivity index (χ3v) is 5.33. The number of aryl methyl sites for hydroxylation is 1. The van der Waals surface area contributed by atoms with E-state index in [-0.39, 0.29) is 12.5 Å². The van der Waals surface area contributed by atoms with E-state index in [1.807, 2.05) is 31.2 Å². The number of halogens is 1.